The van der Waals surface area contributed by atoms with Crippen LogP contribution in [0.4, 0.5) is 0 Å². The van der Waals surface area contributed by atoms with E-state index in [4.69, 9.17) is 15.4 Å². The molecule has 1 amide bonds. The van der Waals surface area contributed by atoms with Crippen LogP contribution in [0.1, 0.15) is 43.9 Å². The van der Waals surface area contributed by atoms with Crippen LogP contribution in [0, 0.1) is 0 Å². The standard InChI is InChI=1S/C18H29N4O8P/c19-7-3-1-2-6-15(24)20-8-4-5-12-10-22(18(26)21-17(12)25)16-9-13(23)14(30-16)11-29-31(27)28/h4-5,10,13-14,16,23,31H,1-3,6-9,11,19H2,(H,20,24)(H,27,28)(H,21,25,26)/b5-4+. The average molecular weight is 460 g/mol. The Bertz CT molecular complexity index is 899. The molecular weight excluding hydrogens is 431 g/mol. The Labute approximate surface area is 179 Å². The molecule has 4 unspecified atom stereocenters. The summed E-state index contributed by atoms with van der Waals surface area (Å²) < 4.78 is 22.0. The van der Waals surface area contributed by atoms with Crippen LogP contribution in [0.3, 0.4) is 0 Å². The van der Waals surface area contributed by atoms with Crippen LogP contribution in [-0.4, -0.2) is 57.4 Å². The minimum absolute atomic E-state index is 0.0374. The minimum Gasteiger partial charge on any atom is -0.390 e. The molecule has 1 fully saturated rings. The van der Waals surface area contributed by atoms with Gasteiger partial charge >= 0.3 is 13.9 Å². The fourth-order valence-corrected chi connectivity index (χ4v) is 3.38. The molecule has 1 saturated heterocycles. The molecule has 2 heterocycles. The molecule has 13 heteroatoms. The number of aromatic nitrogens is 2. The molecule has 0 aliphatic carbocycles. The van der Waals surface area contributed by atoms with Gasteiger partial charge in [-0.15, -0.1) is 0 Å². The van der Waals surface area contributed by atoms with Gasteiger partial charge in [0.15, 0.2) is 0 Å². The Hall–Kier alpha value is -2.08. The van der Waals surface area contributed by atoms with E-state index in [2.05, 4.69) is 14.8 Å². The topological polar surface area (TPSA) is 186 Å². The normalized spacial score (nSPS) is 22.1. The summed E-state index contributed by atoms with van der Waals surface area (Å²) in [6.07, 6.45) is 4.52. The molecule has 1 aliphatic heterocycles. The van der Waals surface area contributed by atoms with E-state index in [0.717, 1.165) is 23.8 Å². The summed E-state index contributed by atoms with van der Waals surface area (Å²) in [6, 6.07) is 0. The molecule has 0 radical (unpaired) electrons. The van der Waals surface area contributed by atoms with Gasteiger partial charge in [0.25, 0.3) is 5.56 Å². The Morgan fingerprint density at radius 2 is 2.19 bits per heavy atom. The van der Waals surface area contributed by atoms with Crippen molar-refractivity contribution in [3.05, 3.63) is 38.7 Å². The monoisotopic (exact) mass is 460 g/mol. The van der Waals surface area contributed by atoms with Crippen molar-refractivity contribution in [3.63, 3.8) is 0 Å². The molecule has 1 aliphatic rings. The predicted octanol–water partition coefficient (Wildman–Crippen LogP) is -0.768. The summed E-state index contributed by atoms with van der Waals surface area (Å²) in [5.74, 6) is -0.104. The lowest BCUT2D eigenvalue weighted by Gasteiger charge is -2.15. The number of nitrogens with zero attached hydrogens (tertiary/aromatic N) is 1. The highest BCUT2D eigenvalue weighted by atomic mass is 31.1. The van der Waals surface area contributed by atoms with Crippen molar-refractivity contribution in [1.82, 2.24) is 14.9 Å². The van der Waals surface area contributed by atoms with E-state index in [1.165, 1.54) is 12.3 Å². The van der Waals surface area contributed by atoms with Crippen molar-refractivity contribution in [1.29, 1.82) is 0 Å². The Kier molecular flexibility index (Phi) is 10.3. The van der Waals surface area contributed by atoms with Gasteiger partial charge in [-0.2, -0.15) is 0 Å². The molecule has 2 rings (SSSR count). The zero-order valence-electron chi connectivity index (χ0n) is 17.0. The fourth-order valence-electron chi connectivity index (χ4n) is 3.08. The Balaban J connectivity index is 1.96. The number of hydrogen-bond donors (Lipinski definition) is 5. The molecule has 1 aromatic heterocycles. The lowest BCUT2D eigenvalue weighted by Crippen LogP contribution is -2.33. The van der Waals surface area contributed by atoms with Gasteiger partial charge < -0.3 is 30.3 Å². The maximum absolute atomic E-state index is 12.2. The smallest absolute Gasteiger partial charge is 0.330 e. The molecule has 0 aromatic carbocycles. The first kappa shape index (κ1) is 25.2. The van der Waals surface area contributed by atoms with E-state index in [0.29, 0.717) is 13.0 Å². The minimum atomic E-state index is -3.17. The van der Waals surface area contributed by atoms with Crippen LogP contribution < -0.4 is 22.3 Å². The van der Waals surface area contributed by atoms with Gasteiger partial charge in [0, 0.05) is 25.6 Å². The molecule has 4 atom stereocenters. The molecule has 6 N–H and O–H groups in total. The van der Waals surface area contributed by atoms with Gasteiger partial charge in [-0.05, 0) is 19.4 Å². The molecule has 0 saturated carbocycles. The first-order valence-corrected chi connectivity index (χ1v) is 11.3. The van der Waals surface area contributed by atoms with Crippen molar-refractivity contribution in [2.45, 2.75) is 50.5 Å². The number of carbonyl (C=O) groups excluding carboxylic acids is 1. The number of aromatic amines is 1. The highest BCUT2D eigenvalue weighted by Gasteiger charge is 2.36. The van der Waals surface area contributed by atoms with Crippen molar-refractivity contribution in [2.24, 2.45) is 5.73 Å². The van der Waals surface area contributed by atoms with Crippen molar-refractivity contribution in [3.8, 4) is 0 Å². The second-order valence-corrected chi connectivity index (χ2v) is 7.89. The molecular formula is C18H29N4O8P. The lowest BCUT2D eigenvalue weighted by molar-refractivity contribution is -0.121. The van der Waals surface area contributed by atoms with Gasteiger partial charge in [-0.25, -0.2) is 4.79 Å². The van der Waals surface area contributed by atoms with Crippen molar-refractivity contribution >= 4 is 20.2 Å². The van der Waals surface area contributed by atoms with Gasteiger partial charge in [0.2, 0.25) is 5.91 Å². The summed E-state index contributed by atoms with van der Waals surface area (Å²) in [5.41, 5.74) is 4.24. The maximum Gasteiger partial charge on any atom is 0.330 e. The summed E-state index contributed by atoms with van der Waals surface area (Å²) in [7, 11) is -3.17. The number of unbranched alkanes of at least 4 members (excludes halogenated alkanes) is 2. The van der Waals surface area contributed by atoms with E-state index in [-0.39, 0.29) is 31.0 Å². The number of amides is 1. The summed E-state index contributed by atoms with van der Waals surface area (Å²) in [6.45, 7) is 0.514. The number of nitrogens with two attached hydrogens (primary N) is 1. The third-order valence-corrected chi connectivity index (χ3v) is 5.12. The zero-order chi connectivity index (χ0) is 22.8. The molecule has 174 valence electrons. The maximum atomic E-state index is 12.2. The third kappa shape index (κ3) is 8.17. The van der Waals surface area contributed by atoms with Gasteiger partial charge in [-0.3, -0.25) is 23.7 Å². The highest BCUT2D eigenvalue weighted by Crippen LogP contribution is 2.29. The average Bonchev–Trinajstić information content (AvgIpc) is 3.08. The first-order valence-electron chi connectivity index (χ1n) is 9.99. The second kappa shape index (κ2) is 12.7. The van der Waals surface area contributed by atoms with E-state index in [1.807, 2.05) is 0 Å². The number of ether oxygens (including phenoxy) is 1. The van der Waals surface area contributed by atoms with E-state index < -0.39 is 37.9 Å². The number of H-pyrrole nitrogens is 1. The van der Waals surface area contributed by atoms with E-state index in [1.54, 1.807) is 6.08 Å². The molecule has 0 bridgehead atoms. The number of aliphatic hydroxyl groups excluding tert-OH is 1. The SMILES string of the molecule is NCCCCCC(=O)NC/C=C/c1cn(C2CC(O)C(CO[PH](=O)O)O2)c(=O)[nH]c1=O. The van der Waals surface area contributed by atoms with Crippen LogP contribution in [-0.2, 0) is 18.6 Å². The largest absolute Gasteiger partial charge is 0.390 e. The number of hydrogen-bond acceptors (Lipinski definition) is 8. The highest BCUT2D eigenvalue weighted by molar-refractivity contribution is 7.32. The molecule has 12 nitrogen and oxygen atoms in total. The molecule has 1 aromatic rings. The van der Waals surface area contributed by atoms with Crippen LogP contribution in [0.25, 0.3) is 6.08 Å². The first-order chi connectivity index (χ1) is 14.8. The summed E-state index contributed by atoms with van der Waals surface area (Å²) >= 11 is 0. The summed E-state index contributed by atoms with van der Waals surface area (Å²) in [4.78, 5) is 46.9. The Morgan fingerprint density at radius 1 is 1.42 bits per heavy atom. The number of carbonyl (C=O) groups is 1. The lowest BCUT2D eigenvalue weighted by atomic mass is 10.2. The number of aliphatic hydroxyl groups is 1. The van der Waals surface area contributed by atoms with Crippen molar-refractivity contribution < 1.29 is 28.6 Å². The molecule has 0 spiro atoms. The zero-order valence-corrected chi connectivity index (χ0v) is 18.0. The van der Waals surface area contributed by atoms with Gasteiger partial charge in [0.1, 0.15) is 12.3 Å². The van der Waals surface area contributed by atoms with Crippen LogP contribution in [0.15, 0.2) is 21.9 Å². The fraction of sp³-hybridized carbons (Fsp3) is 0.611. The van der Waals surface area contributed by atoms with Gasteiger partial charge in [0.05, 0.1) is 18.3 Å². The second-order valence-electron chi connectivity index (χ2n) is 7.07. The van der Waals surface area contributed by atoms with E-state index in [9.17, 15) is 24.1 Å². The van der Waals surface area contributed by atoms with Gasteiger partial charge in [-0.1, -0.05) is 18.6 Å². The number of rotatable bonds is 12. The van der Waals surface area contributed by atoms with E-state index >= 15 is 0 Å². The Morgan fingerprint density at radius 3 is 2.90 bits per heavy atom. The summed E-state index contributed by atoms with van der Waals surface area (Å²) in [5, 5.41) is 12.8. The van der Waals surface area contributed by atoms with Crippen LogP contribution in [0.2, 0.25) is 0 Å². The predicted molar refractivity (Wildman–Crippen MR) is 113 cm³/mol. The van der Waals surface area contributed by atoms with Crippen LogP contribution >= 0.6 is 8.25 Å². The third-order valence-electron chi connectivity index (χ3n) is 4.70. The molecule has 31 heavy (non-hydrogen) atoms. The quantitative estimate of drug-likeness (QED) is 0.197. The number of nitrogens with one attached hydrogen (secondary N) is 2. The van der Waals surface area contributed by atoms with Crippen LogP contribution in [0.5, 0.6) is 0 Å². The van der Waals surface area contributed by atoms with Crippen molar-refractivity contribution in [2.75, 3.05) is 19.7 Å².